The minimum atomic E-state index is -0.229. The molecule has 3 aromatic rings. The highest BCUT2D eigenvalue weighted by molar-refractivity contribution is 6.30. The maximum Gasteiger partial charge on any atom is 0.262 e. The topological polar surface area (TPSA) is 59.6 Å². The van der Waals surface area contributed by atoms with Gasteiger partial charge in [-0.15, -0.1) is 0 Å². The van der Waals surface area contributed by atoms with Crippen LogP contribution in [0.2, 0.25) is 5.02 Å². The number of hydrogen-bond acceptors (Lipinski definition) is 4. The molecule has 0 bridgehead atoms. The number of nitrogens with one attached hydrogen (secondary N) is 2. The van der Waals surface area contributed by atoms with Gasteiger partial charge in [-0.25, -0.2) is 0 Å². The van der Waals surface area contributed by atoms with E-state index in [1.54, 1.807) is 0 Å². The van der Waals surface area contributed by atoms with Gasteiger partial charge in [0, 0.05) is 22.9 Å². The molecule has 0 unspecified atom stereocenters. The molecule has 6 heteroatoms. The molecule has 0 fully saturated rings. The van der Waals surface area contributed by atoms with E-state index < -0.39 is 0 Å². The van der Waals surface area contributed by atoms with Gasteiger partial charge in [0.05, 0.1) is 6.61 Å². The van der Waals surface area contributed by atoms with E-state index in [2.05, 4.69) is 10.6 Å². The molecule has 0 radical (unpaired) electrons. The van der Waals surface area contributed by atoms with Crippen LogP contribution in [-0.4, -0.2) is 19.1 Å². The van der Waals surface area contributed by atoms with Crippen molar-refractivity contribution in [2.24, 2.45) is 0 Å². The summed E-state index contributed by atoms with van der Waals surface area (Å²) < 4.78 is 11.4. The van der Waals surface area contributed by atoms with Crippen molar-refractivity contribution in [3.05, 3.63) is 82.9 Å². The summed E-state index contributed by atoms with van der Waals surface area (Å²) in [4.78, 5) is 12.2. The lowest BCUT2D eigenvalue weighted by Crippen LogP contribution is -2.20. The Hall–Kier alpha value is -3.18. The summed E-state index contributed by atoms with van der Waals surface area (Å²) in [7, 11) is 0. The van der Waals surface area contributed by atoms with Crippen molar-refractivity contribution in [2.45, 2.75) is 20.4 Å². The van der Waals surface area contributed by atoms with Crippen molar-refractivity contribution in [1.29, 1.82) is 0 Å². The minimum Gasteiger partial charge on any atom is -0.490 e. The third kappa shape index (κ3) is 6.42. The van der Waals surface area contributed by atoms with Crippen molar-refractivity contribution in [3.63, 3.8) is 0 Å². The van der Waals surface area contributed by atoms with Gasteiger partial charge in [-0.2, -0.15) is 0 Å². The molecule has 0 heterocycles. The van der Waals surface area contributed by atoms with Crippen LogP contribution in [0.4, 0.5) is 11.4 Å². The fourth-order valence-electron chi connectivity index (χ4n) is 2.83. The molecule has 0 aliphatic heterocycles. The largest absolute Gasteiger partial charge is 0.490 e. The van der Waals surface area contributed by atoms with Crippen LogP contribution in [0.5, 0.6) is 11.5 Å². The minimum absolute atomic E-state index is 0.103. The smallest absolute Gasteiger partial charge is 0.262 e. The van der Waals surface area contributed by atoms with E-state index in [0.717, 1.165) is 22.5 Å². The Balaban J connectivity index is 1.59. The fraction of sp³-hybridized carbons (Fsp3) is 0.208. The summed E-state index contributed by atoms with van der Waals surface area (Å²) >= 11 is 6.02. The SMILES string of the molecule is CCOc1cc(CNc2cccc(Cl)c2)ccc1OCC(=O)Nc1ccc(C)cc1. The van der Waals surface area contributed by atoms with Gasteiger partial charge in [-0.1, -0.05) is 41.4 Å². The maximum absolute atomic E-state index is 12.2. The molecular formula is C24H25ClN2O3. The molecule has 0 atom stereocenters. The molecule has 2 N–H and O–H groups in total. The van der Waals surface area contributed by atoms with Crippen LogP contribution in [0.1, 0.15) is 18.1 Å². The van der Waals surface area contributed by atoms with Gasteiger partial charge in [-0.3, -0.25) is 4.79 Å². The van der Waals surface area contributed by atoms with E-state index in [4.69, 9.17) is 21.1 Å². The molecule has 1 amide bonds. The lowest BCUT2D eigenvalue weighted by molar-refractivity contribution is -0.118. The highest BCUT2D eigenvalue weighted by atomic mass is 35.5. The molecule has 0 spiro atoms. The predicted molar refractivity (Wildman–Crippen MR) is 122 cm³/mol. The average molecular weight is 425 g/mol. The van der Waals surface area contributed by atoms with Crippen molar-refractivity contribution in [3.8, 4) is 11.5 Å². The highest BCUT2D eigenvalue weighted by Crippen LogP contribution is 2.29. The van der Waals surface area contributed by atoms with Gasteiger partial charge in [0.15, 0.2) is 18.1 Å². The first-order valence-electron chi connectivity index (χ1n) is 9.78. The first-order valence-corrected chi connectivity index (χ1v) is 10.2. The third-order valence-electron chi connectivity index (χ3n) is 4.32. The summed E-state index contributed by atoms with van der Waals surface area (Å²) in [5, 5.41) is 6.83. The number of anilines is 2. The zero-order valence-electron chi connectivity index (χ0n) is 17.1. The van der Waals surface area contributed by atoms with Crippen LogP contribution in [0, 0.1) is 6.92 Å². The van der Waals surface area contributed by atoms with Crippen molar-refractivity contribution in [1.82, 2.24) is 0 Å². The van der Waals surface area contributed by atoms with Gasteiger partial charge in [0.1, 0.15) is 0 Å². The molecule has 0 saturated carbocycles. The number of amides is 1. The molecule has 0 aliphatic rings. The summed E-state index contributed by atoms with van der Waals surface area (Å²) in [6.07, 6.45) is 0. The van der Waals surface area contributed by atoms with Crippen LogP contribution >= 0.6 is 11.6 Å². The number of hydrogen-bond donors (Lipinski definition) is 2. The average Bonchev–Trinajstić information content (AvgIpc) is 2.73. The Labute approximate surface area is 182 Å². The Kier molecular flexibility index (Phi) is 7.57. The Morgan fingerprint density at radius 3 is 2.47 bits per heavy atom. The molecule has 3 aromatic carbocycles. The number of rotatable bonds is 9. The van der Waals surface area contributed by atoms with Gasteiger partial charge >= 0.3 is 0 Å². The molecule has 3 rings (SSSR count). The van der Waals surface area contributed by atoms with Crippen LogP contribution < -0.4 is 20.1 Å². The normalized spacial score (nSPS) is 10.4. The second-order valence-corrected chi connectivity index (χ2v) is 7.22. The lowest BCUT2D eigenvalue weighted by atomic mass is 10.2. The van der Waals surface area contributed by atoms with Crippen LogP contribution in [-0.2, 0) is 11.3 Å². The molecule has 0 aromatic heterocycles. The maximum atomic E-state index is 12.2. The molecule has 156 valence electrons. The third-order valence-corrected chi connectivity index (χ3v) is 4.56. The number of carbonyl (C=O) groups is 1. The number of aryl methyl sites for hydroxylation is 1. The van der Waals surface area contributed by atoms with E-state index in [1.165, 1.54) is 0 Å². The van der Waals surface area contributed by atoms with Gasteiger partial charge in [0.25, 0.3) is 5.91 Å². The van der Waals surface area contributed by atoms with Crippen LogP contribution in [0.3, 0.4) is 0 Å². The summed E-state index contributed by atoms with van der Waals surface area (Å²) in [5.74, 6) is 0.904. The van der Waals surface area contributed by atoms with E-state index in [1.807, 2.05) is 80.6 Å². The Morgan fingerprint density at radius 2 is 1.73 bits per heavy atom. The first kappa shape index (κ1) is 21.5. The second-order valence-electron chi connectivity index (χ2n) is 6.78. The Morgan fingerprint density at radius 1 is 0.933 bits per heavy atom. The number of benzene rings is 3. The summed E-state index contributed by atoms with van der Waals surface area (Å²) in [5.41, 5.74) is 3.83. The Bertz CT molecular complexity index is 990. The van der Waals surface area contributed by atoms with Crippen LogP contribution in [0.15, 0.2) is 66.7 Å². The molecule has 0 saturated heterocycles. The zero-order valence-corrected chi connectivity index (χ0v) is 17.8. The summed E-state index contributed by atoms with van der Waals surface area (Å²) in [6.45, 7) is 4.91. The predicted octanol–water partition coefficient (Wildman–Crippen LogP) is 5.68. The second kappa shape index (κ2) is 10.6. The van der Waals surface area contributed by atoms with E-state index >= 15 is 0 Å². The molecule has 0 aliphatic carbocycles. The lowest BCUT2D eigenvalue weighted by Gasteiger charge is -2.14. The summed E-state index contributed by atoms with van der Waals surface area (Å²) in [6, 6.07) is 20.8. The van der Waals surface area contributed by atoms with Crippen LogP contribution in [0.25, 0.3) is 0 Å². The molecule has 30 heavy (non-hydrogen) atoms. The van der Waals surface area contributed by atoms with E-state index in [9.17, 15) is 4.79 Å². The fourth-order valence-corrected chi connectivity index (χ4v) is 3.02. The van der Waals surface area contributed by atoms with Gasteiger partial charge < -0.3 is 20.1 Å². The van der Waals surface area contributed by atoms with E-state index in [0.29, 0.717) is 29.7 Å². The molecular weight excluding hydrogens is 400 g/mol. The number of carbonyl (C=O) groups excluding carboxylic acids is 1. The van der Waals surface area contributed by atoms with Crippen molar-refractivity contribution >= 4 is 28.9 Å². The van der Waals surface area contributed by atoms with Gasteiger partial charge in [-0.05, 0) is 61.9 Å². The van der Waals surface area contributed by atoms with Crippen molar-refractivity contribution < 1.29 is 14.3 Å². The quantitative estimate of drug-likeness (QED) is 0.464. The zero-order chi connectivity index (χ0) is 21.3. The first-order chi connectivity index (χ1) is 14.5. The van der Waals surface area contributed by atoms with Gasteiger partial charge in [0.2, 0.25) is 0 Å². The van der Waals surface area contributed by atoms with Crippen molar-refractivity contribution in [2.75, 3.05) is 23.8 Å². The highest BCUT2D eigenvalue weighted by Gasteiger charge is 2.10. The molecule has 5 nitrogen and oxygen atoms in total. The number of halogens is 1. The number of ether oxygens (including phenoxy) is 2. The van der Waals surface area contributed by atoms with E-state index in [-0.39, 0.29) is 12.5 Å². The monoisotopic (exact) mass is 424 g/mol. The standard InChI is InChI=1S/C24H25ClN2O3/c1-3-29-23-13-18(15-26-21-6-4-5-19(25)14-21)9-12-22(23)30-16-24(28)27-20-10-7-17(2)8-11-20/h4-14,26H,3,15-16H2,1-2H3,(H,27,28).